The molecule has 4 aromatic carbocycles. The van der Waals surface area contributed by atoms with Gasteiger partial charge in [0.1, 0.15) is 0 Å². The van der Waals surface area contributed by atoms with Crippen molar-refractivity contribution in [1.29, 1.82) is 0 Å². The first kappa shape index (κ1) is 42.2. The smallest absolute Gasteiger partial charge is 0.416 e. The molecule has 0 amide bonds. The molecule has 4 N–H and O–H groups in total. The largest absolute Gasteiger partial charge is 0.478 e. The van der Waals surface area contributed by atoms with Gasteiger partial charge in [0.2, 0.25) is 0 Å². The molecule has 0 heterocycles. The Balaban J connectivity index is 1.67. The van der Waals surface area contributed by atoms with Crippen molar-refractivity contribution in [2.45, 2.75) is 40.9 Å². The maximum atomic E-state index is 13.3. The number of rotatable bonds is 10. The molecule has 0 fully saturated rings. The summed E-state index contributed by atoms with van der Waals surface area (Å²) in [5.41, 5.74) is -11.5. The summed E-state index contributed by atoms with van der Waals surface area (Å²) in [5.74, 6) is -3.72. The van der Waals surface area contributed by atoms with Crippen molar-refractivity contribution in [3.05, 3.63) is 117 Å². The fourth-order valence-corrected chi connectivity index (χ4v) is 7.04. The van der Waals surface area contributed by atoms with E-state index in [2.05, 4.69) is 0 Å². The lowest BCUT2D eigenvalue weighted by Crippen LogP contribution is -2.19. The number of sulfonamides is 2. The number of benzene rings is 4. The molecule has 0 saturated heterocycles. The Morgan fingerprint density at radius 2 is 0.745 bits per heavy atom. The minimum Gasteiger partial charge on any atom is -0.478 e. The Morgan fingerprint density at radius 3 is 0.982 bits per heavy atom. The highest BCUT2D eigenvalue weighted by Crippen LogP contribution is 2.39. The fourth-order valence-electron chi connectivity index (χ4n) is 4.74. The van der Waals surface area contributed by atoms with E-state index in [1.165, 1.54) is 0 Å². The van der Waals surface area contributed by atoms with Crippen LogP contribution in [0.2, 0.25) is 0 Å². The lowest BCUT2D eigenvalue weighted by molar-refractivity contribution is -0.145. The number of carbonyl (C=O) groups is 2. The second-order valence-corrected chi connectivity index (χ2v) is 14.6. The summed E-state index contributed by atoms with van der Waals surface area (Å²) in [7, 11) is -10.7. The molecule has 10 nitrogen and oxygen atoms in total. The quantitative estimate of drug-likeness (QED) is 0.116. The number of anilines is 2. The molecule has 4 aromatic rings. The van der Waals surface area contributed by atoms with E-state index in [1.54, 1.807) is 9.44 Å². The SMILES string of the molecule is O=C(O)c1cc(Cc2ccc(NS(=O)(=O)c3cc(C(F)(F)F)cc(C(F)(F)F)c3)c(C(=O)O)c2)ccc1NS(=O)(=O)c1cc(C(F)(F)F)cc(C(F)(F)F)c1. The first-order chi connectivity index (χ1) is 24.9. The van der Waals surface area contributed by atoms with Gasteiger partial charge in [0, 0.05) is 0 Å². The van der Waals surface area contributed by atoms with E-state index < -0.39 is 118 Å². The molecular formula is C31H18F12N2O8S2. The number of carboxylic acid groups (broad SMARTS) is 2. The zero-order chi connectivity index (χ0) is 41.7. The van der Waals surface area contributed by atoms with Gasteiger partial charge in [-0.25, -0.2) is 26.4 Å². The zero-order valence-electron chi connectivity index (χ0n) is 26.3. The summed E-state index contributed by atoms with van der Waals surface area (Å²) in [6.45, 7) is 0. The van der Waals surface area contributed by atoms with Crippen LogP contribution in [0.1, 0.15) is 54.1 Å². The number of aromatic carboxylic acids is 2. The van der Waals surface area contributed by atoms with Crippen molar-refractivity contribution in [3.8, 4) is 0 Å². The van der Waals surface area contributed by atoms with E-state index in [0.29, 0.717) is 0 Å². The summed E-state index contributed by atoms with van der Waals surface area (Å²) < 4.78 is 214. The van der Waals surface area contributed by atoms with Crippen LogP contribution in [-0.4, -0.2) is 39.0 Å². The maximum absolute atomic E-state index is 13.3. The molecule has 0 aliphatic carbocycles. The number of alkyl halides is 12. The lowest BCUT2D eigenvalue weighted by atomic mass is 9.99. The number of carboxylic acids is 2. The van der Waals surface area contributed by atoms with E-state index in [4.69, 9.17) is 0 Å². The van der Waals surface area contributed by atoms with Crippen LogP contribution in [-0.2, 0) is 51.2 Å². The second kappa shape index (κ2) is 14.3. The van der Waals surface area contributed by atoms with Crippen molar-refractivity contribution in [1.82, 2.24) is 0 Å². The molecule has 0 radical (unpaired) electrons. The van der Waals surface area contributed by atoms with Crippen LogP contribution in [0.3, 0.4) is 0 Å². The van der Waals surface area contributed by atoms with Gasteiger partial charge in [-0.15, -0.1) is 0 Å². The van der Waals surface area contributed by atoms with Gasteiger partial charge in [0.15, 0.2) is 0 Å². The topological polar surface area (TPSA) is 167 Å². The predicted molar refractivity (Wildman–Crippen MR) is 164 cm³/mol. The standard InChI is InChI=1S/C31H18F12N2O8S2/c32-28(33,34)16-8-17(29(35,36)37)11-20(10-16)54(50,51)44-24-3-1-14(6-22(24)26(46)47)5-15-2-4-25(23(7-15)27(48)49)45-55(52,53)21-12-18(30(38,39)40)9-19(13-21)31(41,42)43/h1-4,6-13,44-45H,5H2,(H,46,47)(H,48,49). The highest BCUT2D eigenvalue weighted by Gasteiger charge is 2.40. The molecule has 0 unspecified atom stereocenters. The van der Waals surface area contributed by atoms with E-state index in [1.807, 2.05) is 0 Å². The van der Waals surface area contributed by atoms with E-state index in [0.717, 1.165) is 36.4 Å². The zero-order valence-corrected chi connectivity index (χ0v) is 28.0. The van der Waals surface area contributed by atoms with Gasteiger partial charge in [-0.1, -0.05) is 12.1 Å². The summed E-state index contributed by atoms with van der Waals surface area (Å²) >= 11 is 0. The minimum atomic E-state index is -5.42. The number of nitrogens with one attached hydrogen (secondary N) is 2. The third kappa shape index (κ3) is 9.97. The lowest BCUT2D eigenvalue weighted by Gasteiger charge is -2.17. The van der Waals surface area contributed by atoms with Crippen molar-refractivity contribution in [2.24, 2.45) is 0 Å². The Kier molecular flexibility index (Phi) is 11.0. The van der Waals surface area contributed by atoms with Crippen LogP contribution in [0.25, 0.3) is 0 Å². The van der Waals surface area contributed by atoms with Gasteiger partial charge >= 0.3 is 36.6 Å². The summed E-state index contributed by atoms with van der Waals surface area (Å²) in [5, 5.41) is 19.4. The normalized spacial score (nSPS) is 13.0. The molecule has 0 aliphatic heterocycles. The van der Waals surface area contributed by atoms with Gasteiger partial charge in [-0.2, -0.15) is 52.7 Å². The van der Waals surface area contributed by atoms with Crippen LogP contribution < -0.4 is 9.44 Å². The monoisotopic (exact) mass is 838 g/mol. The molecule has 0 bridgehead atoms. The first-order valence-corrected chi connectivity index (χ1v) is 17.2. The molecule has 0 spiro atoms. The van der Waals surface area contributed by atoms with Crippen LogP contribution in [0.4, 0.5) is 64.1 Å². The molecule has 55 heavy (non-hydrogen) atoms. The van der Waals surface area contributed by atoms with Crippen molar-refractivity contribution < 1.29 is 89.3 Å². The average molecular weight is 839 g/mol. The predicted octanol–water partition coefficient (Wildman–Crippen LogP) is 8.35. The van der Waals surface area contributed by atoms with Crippen LogP contribution in [0.15, 0.2) is 82.6 Å². The molecule has 0 aromatic heterocycles. The van der Waals surface area contributed by atoms with Gasteiger partial charge in [0.05, 0.1) is 54.5 Å². The second-order valence-electron chi connectivity index (χ2n) is 11.2. The summed E-state index contributed by atoms with van der Waals surface area (Å²) in [4.78, 5) is 21.0. The van der Waals surface area contributed by atoms with E-state index in [-0.39, 0.29) is 47.5 Å². The van der Waals surface area contributed by atoms with E-state index >= 15 is 0 Å². The van der Waals surface area contributed by atoms with Gasteiger partial charge in [-0.05, 0) is 78.2 Å². The third-order valence-corrected chi connectivity index (χ3v) is 9.96. The molecule has 0 saturated carbocycles. The van der Waals surface area contributed by atoms with Crippen molar-refractivity contribution >= 4 is 43.4 Å². The fraction of sp³-hybridized carbons (Fsp3) is 0.161. The van der Waals surface area contributed by atoms with Crippen LogP contribution in [0.5, 0.6) is 0 Å². The molecular weight excluding hydrogens is 820 g/mol. The van der Waals surface area contributed by atoms with Crippen LogP contribution in [0, 0.1) is 0 Å². The van der Waals surface area contributed by atoms with Gasteiger partial charge in [-0.3, -0.25) is 9.44 Å². The average Bonchev–Trinajstić information content (AvgIpc) is 3.03. The Bertz CT molecular complexity index is 2180. The number of hydrogen-bond acceptors (Lipinski definition) is 6. The maximum Gasteiger partial charge on any atom is 0.416 e. The Morgan fingerprint density at radius 1 is 0.473 bits per heavy atom. The highest BCUT2D eigenvalue weighted by atomic mass is 32.2. The Labute approximate surface area is 300 Å². The van der Waals surface area contributed by atoms with Gasteiger partial charge in [0.25, 0.3) is 20.0 Å². The summed E-state index contributed by atoms with van der Waals surface area (Å²) in [6.07, 6.45) is -22.1. The highest BCUT2D eigenvalue weighted by molar-refractivity contribution is 7.93. The summed E-state index contributed by atoms with van der Waals surface area (Å²) in [6, 6.07) is 4.00. The van der Waals surface area contributed by atoms with Crippen molar-refractivity contribution in [3.63, 3.8) is 0 Å². The molecule has 4 rings (SSSR count). The molecule has 0 atom stereocenters. The van der Waals surface area contributed by atoms with Gasteiger partial charge < -0.3 is 10.2 Å². The molecule has 0 aliphatic rings. The van der Waals surface area contributed by atoms with E-state index in [9.17, 15) is 89.3 Å². The van der Waals surface area contributed by atoms with Crippen LogP contribution >= 0.6 is 0 Å². The number of hydrogen-bond donors (Lipinski definition) is 4. The third-order valence-electron chi connectivity index (χ3n) is 7.27. The Hall–Kier alpha value is -5.52. The molecule has 24 heteroatoms. The first-order valence-electron chi connectivity index (χ1n) is 14.3. The number of halogens is 12. The molecule has 296 valence electrons. The van der Waals surface area contributed by atoms with Crippen molar-refractivity contribution in [2.75, 3.05) is 9.44 Å². The minimum absolute atomic E-state index is 0.0490.